The average molecular weight is 463 g/mol. The van der Waals surface area contributed by atoms with Crippen molar-refractivity contribution in [3.05, 3.63) is 89.9 Å². The van der Waals surface area contributed by atoms with Crippen LogP contribution >= 0.6 is 0 Å². The molecule has 0 N–H and O–H groups in total. The number of methoxy groups -OCH3 is 1. The van der Waals surface area contributed by atoms with E-state index in [2.05, 4.69) is 12.1 Å². The van der Waals surface area contributed by atoms with Crippen LogP contribution in [-0.2, 0) is 29.0 Å². The Hall–Kier alpha value is -3.54. The first-order chi connectivity index (χ1) is 16.5. The summed E-state index contributed by atoms with van der Waals surface area (Å²) in [5.74, 6) is 1.32. The van der Waals surface area contributed by atoms with E-state index in [1.165, 1.54) is 0 Å². The van der Waals surface area contributed by atoms with Crippen LogP contribution in [0.3, 0.4) is 0 Å². The highest BCUT2D eigenvalue weighted by atomic mass is 16.5. The lowest BCUT2D eigenvalue weighted by atomic mass is 10.1. The largest absolute Gasteiger partial charge is 0.497 e. The number of hydrogen-bond donors (Lipinski definition) is 0. The first kappa shape index (κ1) is 25.1. The average Bonchev–Trinajstić information content (AvgIpc) is 3.38. The molecule has 0 spiro atoms. The second-order valence-electron chi connectivity index (χ2n) is 8.43. The summed E-state index contributed by atoms with van der Waals surface area (Å²) < 4.78 is 10.7. The summed E-state index contributed by atoms with van der Waals surface area (Å²) in [6.45, 7) is 4.97. The molecule has 1 atom stereocenters. The SMILES string of the molecule is CC[C@H](C)N(CC(=O)N(CCc1ccccc1)Cc1ccco1)C(=O)Cc1ccc(OC)cc1. The third-order valence-electron chi connectivity index (χ3n) is 6.06. The Morgan fingerprint density at radius 1 is 0.941 bits per heavy atom. The molecule has 3 aromatic rings. The molecule has 0 fully saturated rings. The Bertz CT molecular complexity index is 1020. The summed E-state index contributed by atoms with van der Waals surface area (Å²) in [6, 6.07) is 21.2. The van der Waals surface area contributed by atoms with Crippen LogP contribution in [0, 0.1) is 0 Å². The third-order valence-corrected chi connectivity index (χ3v) is 6.06. The number of furan rings is 1. The van der Waals surface area contributed by atoms with Gasteiger partial charge in [-0.1, -0.05) is 49.4 Å². The Morgan fingerprint density at radius 2 is 1.68 bits per heavy atom. The molecular formula is C28H34N2O4. The van der Waals surface area contributed by atoms with Crippen LogP contribution < -0.4 is 4.74 Å². The van der Waals surface area contributed by atoms with Gasteiger partial charge in [-0.25, -0.2) is 0 Å². The van der Waals surface area contributed by atoms with Gasteiger partial charge in [0.15, 0.2) is 0 Å². The molecule has 34 heavy (non-hydrogen) atoms. The topological polar surface area (TPSA) is 63.0 Å². The highest BCUT2D eigenvalue weighted by Gasteiger charge is 2.25. The van der Waals surface area contributed by atoms with E-state index in [-0.39, 0.29) is 30.8 Å². The Balaban J connectivity index is 1.71. The van der Waals surface area contributed by atoms with Crippen molar-refractivity contribution in [3.63, 3.8) is 0 Å². The van der Waals surface area contributed by atoms with Crippen molar-refractivity contribution in [2.24, 2.45) is 0 Å². The maximum absolute atomic E-state index is 13.4. The summed E-state index contributed by atoms with van der Waals surface area (Å²) in [5, 5.41) is 0. The van der Waals surface area contributed by atoms with E-state index in [0.29, 0.717) is 13.1 Å². The molecule has 0 aliphatic rings. The lowest BCUT2D eigenvalue weighted by Gasteiger charge is -2.31. The maximum Gasteiger partial charge on any atom is 0.242 e. The number of rotatable bonds is 12. The zero-order chi connectivity index (χ0) is 24.3. The Labute approximate surface area is 202 Å². The van der Waals surface area contributed by atoms with E-state index in [0.717, 1.165) is 35.5 Å². The van der Waals surface area contributed by atoms with Crippen LogP contribution in [0.25, 0.3) is 0 Å². The van der Waals surface area contributed by atoms with Gasteiger partial charge >= 0.3 is 0 Å². The number of benzene rings is 2. The van der Waals surface area contributed by atoms with Crippen molar-refractivity contribution >= 4 is 11.8 Å². The molecule has 0 bridgehead atoms. The van der Waals surface area contributed by atoms with E-state index in [4.69, 9.17) is 9.15 Å². The molecule has 2 amide bonds. The summed E-state index contributed by atoms with van der Waals surface area (Å²) in [5.41, 5.74) is 2.05. The van der Waals surface area contributed by atoms with Gasteiger partial charge in [-0.2, -0.15) is 0 Å². The number of carbonyl (C=O) groups is 2. The predicted octanol–water partition coefficient (Wildman–Crippen LogP) is 4.73. The van der Waals surface area contributed by atoms with Crippen molar-refractivity contribution in [1.82, 2.24) is 9.80 Å². The maximum atomic E-state index is 13.4. The van der Waals surface area contributed by atoms with Crippen LogP contribution in [-0.4, -0.2) is 47.9 Å². The standard InChI is InChI=1S/C28H34N2O4/c1-4-22(2)30(27(31)19-24-12-14-25(33-3)15-13-24)21-28(32)29(20-26-11-8-18-34-26)17-16-23-9-6-5-7-10-23/h5-15,18,22H,4,16-17,19-21H2,1-3H3/t22-/m0/s1. The van der Waals surface area contributed by atoms with E-state index >= 15 is 0 Å². The number of hydrogen-bond acceptors (Lipinski definition) is 4. The highest BCUT2D eigenvalue weighted by molar-refractivity contribution is 5.86. The van der Waals surface area contributed by atoms with Crippen LogP contribution in [0.1, 0.15) is 37.2 Å². The number of nitrogens with zero attached hydrogens (tertiary/aromatic N) is 2. The molecule has 6 nitrogen and oxygen atoms in total. The van der Waals surface area contributed by atoms with Gasteiger partial charge in [-0.15, -0.1) is 0 Å². The summed E-state index contributed by atoms with van der Waals surface area (Å²) in [6.07, 6.45) is 3.35. The van der Waals surface area contributed by atoms with Gasteiger partial charge in [0, 0.05) is 12.6 Å². The van der Waals surface area contributed by atoms with Gasteiger partial charge in [0.1, 0.15) is 18.1 Å². The number of amides is 2. The highest BCUT2D eigenvalue weighted by Crippen LogP contribution is 2.15. The minimum Gasteiger partial charge on any atom is -0.497 e. The van der Waals surface area contributed by atoms with E-state index in [1.54, 1.807) is 23.2 Å². The van der Waals surface area contributed by atoms with Gasteiger partial charge in [0.05, 0.1) is 26.3 Å². The molecule has 3 rings (SSSR count). The minimum absolute atomic E-state index is 0.0412. The number of carbonyl (C=O) groups excluding carboxylic acids is 2. The van der Waals surface area contributed by atoms with Crippen molar-refractivity contribution in [2.75, 3.05) is 20.2 Å². The molecule has 0 aliphatic carbocycles. The smallest absolute Gasteiger partial charge is 0.242 e. The fourth-order valence-electron chi connectivity index (χ4n) is 3.77. The van der Waals surface area contributed by atoms with Crippen LogP contribution in [0.4, 0.5) is 0 Å². The minimum atomic E-state index is -0.0873. The zero-order valence-corrected chi connectivity index (χ0v) is 20.3. The monoisotopic (exact) mass is 462 g/mol. The molecule has 0 aliphatic heterocycles. The fourth-order valence-corrected chi connectivity index (χ4v) is 3.77. The van der Waals surface area contributed by atoms with E-state index in [1.807, 2.05) is 68.4 Å². The molecule has 1 heterocycles. The number of ether oxygens (including phenoxy) is 1. The van der Waals surface area contributed by atoms with Crippen molar-refractivity contribution in [3.8, 4) is 5.75 Å². The lowest BCUT2D eigenvalue weighted by molar-refractivity contribution is -0.142. The predicted molar refractivity (Wildman–Crippen MR) is 132 cm³/mol. The van der Waals surface area contributed by atoms with Crippen molar-refractivity contribution in [2.45, 2.75) is 45.7 Å². The zero-order valence-electron chi connectivity index (χ0n) is 20.3. The third kappa shape index (κ3) is 7.24. The first-order valence-corrected chi connectivity index (χ1v) is 11.8. The van der Waals surface area contributed by atoms with E-state index < -0.39 is 0 Å². The summed E-state index contributed by atoms with van der Waals surface area (Å²) in [4.78, 5) is 30.1. The molecular weight excluding hydrogens is 428 g/mol. The molecule has 2 aromatic carbocycles. The molecule has 0 saturated heterocycles. The second-order valence-corrected chi connectivity index (χ2v) is 8.43. The van der Waals surface area contributed by atoms with Crippen molar-refractivity contribution < 1.29 is 18.7 Å². The van der Waals surface area contributed by atoms with E-state index in [9.17, 15) is 9.59 Å². The molecule has 0 radical (unpaired) electrons. The first-order valence-electron chi connectivity index (χ1n) is 11.8. The fraction of sp³-hybridized carbons (Fsp3) is 0.357. The summed E-state index contributed by atoms with van der Waals surface area (Å²) >= 11 is 0. The molecule has 1 aromatic heterocycles. The van der Waals surface area contributed by atoms with Crippen LogP contribution in [0.2, 0.25) is 0 Å². The quantitative estimate of drug-likeness (QED) is 0.390. The van der Waals surface area contributed by atoms with Crippen LogP contribution in [0.5, 0.6) is 5.75 Å². The van der Waals surface area contributed by atoms with Crippen molar-refractivity contribution in [1.29, 1.82) is 0 Å². The van der Waals surface area contributed by atoms with Gasteiger partial charge in [0.25, 0.3) is 0 Å². The second kappa shape index (κ2) is 12.6. The van der Waals surface area contributed by atoms with Crippen LogP contribution in [0.15, 0.2) is 77.4 Å². The molecule has 0 unspecified atom stereocenters. The summed E-state index contributed by atoms with van der Waals surface area (Å²) in [7, 11) is 1.61. The van der Waals surface area contributed by atoms with Gasteiger partial charge in [-0.05, 0) is 55.2 Å². The normalized spacial score (nSPS) is 11.6. The molecule has 180 valence electrons. The van der Waals surface area contributed by atoms with Gasteiger partial charge in [-0.3, -0.25) is 9.59 Å². The molecule has 0 saturated carbocycles. The Morgan fingerprint density at radius 3 is 2.29 bits per heavy atom. The van der Waals surface area contributed by atoms with Gasteiger partial charge in [0.2, 0.25) is 11.8 Å². The van der Waals surface area contributed by atoms with Gasteiger partial charge < -0.3 is 19.0 Å². The lowest BCUT2D eigenvalue weighted by Crippen LogP contribution is -2.47. The molecule has 6 heteroatoms. The Kier molecular flexibility index (Phi) is 9.32.